The molecule has 1 N–H and O–H groups in total. The summed E-state index contributed by atoms with van der Waals surface area (Å²) in [6, 6.07) is 4.23. The van der Waals surface area contributed by atoms with E-state index in [0.717, 1.165) is 0 Å². The number of aromatic nitrogens is 3. The second kappa shape index (κ2) is 7.84. The van der Waals surface area contributed by atoms with Crippen LogP contribution in [0.1, 0.15) is 35.9 Å². The SMILES string of the molecule is Cc1cc(NC(=O)[C@H](C)n2nc(C)c(S(=O)(=O)N(C)Cc3ccco3)c2C)no1. The molecule has 0 fully saturated rings. The maximum atomic E-state index is 13.1. The maximum Gasteiger partial charge on any atom is 0.250 e. The van der Waals surface area contributed by atoms with E-state index in [1.165, 1.54) is 22.3 Å². The Morgan fingerprint density at radius 3 is 2.66 bits per heavy atom. The zero-order chi connectivity index (χ0) is 21.3. The van der Waals surface area contributed by atoms with Gasteiger partial charge in [0, 0.05) is 13.1 Å². The van der Waals surface area contributed by atoms with Gasteiger partial charge in [-0.15, -0.1) is 0 Å². The molecule has 156 valence electrons. The molecule has 0 bridgehead atoms. The highest BCUT2D eigenvalue weighted by Crippen LogP contribution is 2.26. The van der Waals surface area contributed by atoms with Gasteiger partial charge < -0.3 is 14.3 Å². The first-order valence-corrected chi connectivity index (χ1v) is 10.3. The molecule has 0 unspecified atom stereocenters. The molecule has 0 saturated heterocycles. The zero-order valence-electron chi connectivity index (χ0n) is 16.8. The summed E-state index contributed by atoms with van der Waals surface area (Å²) in [5.74, 6) is 0.977. The van der Waals surface area contributed by atoms with Crippen LogP contribution in [0.25, 0.3) is 0 Å². The minimum absolute atomic E-state index is 0.0727. The summed E-state index contributed by atoms with van der Waals surface area (Å²) in [5, 5.41) is 10.7. The van der Waals surface area contributed by atoms with Crippen molar-refractivity contribution < 1.29 is 22.2 Å². The van der Waals surface area contributed by atoms with Gasteiger partial charge in [-0.1, -0.05) is 5.16 Å². The number of nitrogens with zero attached hydrogens (tertiary/aromatic N) is 4. The molecular weight excluding hydrogens is 398 g/mol. The summed E-state index contributed by atoms with van der Waals surface area (Å²) in [5.41, 5.74) is 0.679. The number of amides is 1. The van der Waals surface area contributed by atoms with E-state index in [0.29, 0.717) is 22.9 Å². The third-order valence-electron chi connectivity index (χ3n) is 4.51. The van der Waals surface area contributed by atoms with E-state index < -0.39 is 22.0 Å². The quantitative estimate of drug-likeness (QED) is 0.621. The van der Waals surface area contributed by atoms with Gasteiger partial charge in [0.2, 0.25) is 15.9 Å². The summed E-state index contributed by atoms with van der Waals surface area (Å²) < 4.78 is 39.0. The molecule has 0 saturated carbocycles. The van der Waals surface area contributed by atoms with E-state index in [-0.39, 0.29) is 17.3 Å². The molecule has 3 aromatic heterocycles. The fourth-order valence-corrected chi connectivity index (χ4v) is 4.52. The van der Waals surface area contributed by atoms with E-state index in [1.54, 1.807) is 45.9 Å². The summed E-state index contributed by atoms with van der Waals surface area (Å²) >= 11 is 0. The average molecular weight is 421 g/mol. The molecule has 3 heterocycles. The summed E-state index contributed by atoms with van der Waals surface area (Å²) in [7, 11) is -2.37. The van der Waals surface area contributed by atoms with Crippen LogP contribution in [0.15, 0.2) is 38.3 Å². The molecule has 11 heteroatoms. The fraction of sp³-hybridized carbons (Fsp3) is 0.389. The van der Waals surface area contributed by atoms with Crippen molar-refractivity contribution in [3.8, 4) is 0 Å². The van der Waals surface area contributed by atoms with Crippen LogP contribution in [-0.4, -0.2) is 40.6 Å². The highest BCUT2D eigenvalue weighted by molar-refractivity contribution is 7.89. The Labute approximate surface area is 168 Å². The molecular formula is C18H23N5O5S. The van der Waals surface area contributed by atoms with Crippen LogP contribution in [0.5, 0.6) is 0 Å². The van der Waals surface area contributed by atoms with Crippen molar-refractivity contribution in [3.05, 3.63) is 47.4 Å². The molecule has 0 radical (unpaired) electrons. The molecule has 10 nitrogen and oxygen atoms in total. The number of hydrogen-bond donors (Lipinski definition) is 1. The number of rotatable bonds is 7. The van der Waals surface area contributed by atoms with Crippen LogP contribution >= 0.6 is 0 Å². The molecule has 0 aromatic carbocycles. The van der Waals surface area contributed by atoms with Crippen molar-refractivity contribution in [1.29, 1.82) is 0 Å². The van der Waals surface area contributed by atoms with Gasteiger partial charge in [0.25, 0.3) is 0 Å². The first-order chi connectivity index (χ1) is 13.6. The van der Waals surface area contributed by atoms with Crippen LogP contribution in [0.4, 0.5) is 5.82 Å². The predicted octanol–water partition coefficient (Wildman–Crippen LogP) is 2.41. The van der Waals surface area contributed by atoms with Crippen molar-refractivity contribution in [2.75, 3.05) is 12.4 Å². The Hall–Kier alpha value is -2.92. The zero-order valence-corrected chi connectivity index (χ0v) is 17.6. The normalized spacial score (nSPS) is 13.0. The largest absolute Gasteiger partial charge is 0.468 e. The summed E-state index contributed by atoms with van der Waals surface area (Å²) in [6.45, 7) is 6.65. The second-order valence-corrected chi connectivity index (χ2v) is 8.75. The van der Waals surface area contributed by atoms with E-state index in [1.807, 2.05) is 0 Å². The first kappa shape index (κ1) is 20.8. The number of carbonyl (C=O) groups excluding carboxylic acids is 1. The highest BCUT2D eigenvalue weighted by atomic mass is 32.2. The highest BCUT2D eigenvalue weighted by Gasteiger charge is 2.31. The van der Waals surface area contributed by atoms with Gasteiger partial charge in [0.1, 0.15) is 22.5 Å². The van der Waals surface area contributed by atoms with Crippen LogP contribution in [0.3, 0.4) is 0 Å². The minimum atomic E-state index is -3.84. The number of nitrogens with one attached hydrogen (secondary N) is 1. The van der Waals surface area contributed by atoms with Gasteiger partial charge in [-0.05, 0) is 39.8 Å². The third kappa shape index (κ3) is 4.10. The molecule has 3 aromatic rings. The first-order valence-electron chi connectivity index (χ1n) is 8.90. The summed E-state index contributed by atoms with van der Waals surface area (Å²) in [4.78, 5) is 12.6. The lowest BCUT2D eigenvalue weighted by atomic mass is 10.3. The number of anilines is 1. The van der Waals surface area contributed by atoms with E-state index >= 15 is 0 Å². The third-order valence-corrected chi connectivity index (χ3v) is 6.57. The standard InChI is InChI=1S/C18H23N5O5S/c1-11-9-16(21-28-11)19-18(24)14(4)23-13(3)17(12(2)20-23)29(25,26)22(5)10-15-7-6-8-27-15/h6-9,14H,10H2,1-5H3,(H,19,21,24)/t14-/m0/s1. The molecule has 0 aliphatic carbocycles. The van der Waals surface area contributed by atoms with E-state index in [2.05, 4.69) is 15.6 Å². The molecule has 0 spiro atoms. The number of aryl methyl sites for hydroxylation is 2. The Kier molecular flexibility index (Phi) is 5.62. The van der Waals surface area contributed by atoms with Gasteiger partial charge in [-0.2, -0.15) is 9.40 Å². The number of hydrogen-bond acceptors (Lipinski definition) is 7. The Balaban J connectivity index is 1.86. The van der Waals surface area contributed by atoms with Crippen molar-refractivity contribution in [2.24, 2.45) is 0 Å². The summed E-state index contributed by atoms with van der Waals surface area (Å²) in [6.07, 6.45) is 1.49. The second-order valence-electron chi connectivity index (χ2n) is 6.77. The Bertz CT molecular complexity index is 1110. The van der Waals surface area contributed by atoms with Crippen LogP contribution < -0.4 is 5.32 Å². The molecule has 1 atom stereocenters. The smallest absolute Gasteiger partial charge is 0.250 e. The lowest BCUT2D eigenvalue weighted by Gasteiger charge is -2.17. The van der Waals surface area contributed by atoms with Gasteiger partial charge in [0.15, 0.2) is 5.82 Å². The van der Waals surface area contributed by atoms with Crippen LogP contribution in [0.2, 0.25) is 0 Å². The maximum absolute atomic E-state index is 13.1. The van der Waals surface area contributed by atoms with Crippen molar-refractivity contribution in [3.63, 3.8) is 0 Å². The van der Waals surface area contributed by atoms with Crippen LogP contribution in [-0.2, 0) is 21.4 Å². The minimum Gasteiger partial charge on any atom is -0.468 e. The molecule has 1 amide bonds. The number of furan rings is 1. The lowest BCUT2D eigenvalue weighted by Crippen LogP contribution is -2.28. The van der Waals surface area contributed by atoms with Crippen molar-refractivity contribution in [1.82, 2.24) is 19.2 Å². The van der Waals surface area contributed by atoms with Crippen LogP contribution in [0, 0.1) is 20.8 Å². The fourth-order valence-electron chi connectivity index (χ4n) is 3.03. The Morgan fingerprint density at radius 1 is 1.34 bits per heavy atom. The van der Waals surface area contributed by atoms with Gasteiger partial charge in [-0.25, -0.2) is 8.42 Å². The van der Waals surface area contributed by atoms with E-state index in [4.69, 9.17) is 8.94 Å². The molecule has 29 heavy (non-hydrogen) atoms. The van der Waals surface area contributed by atoms with Crippen molar-refractivity contribution >= 4 is 21.7 Å². The molecule has 0 aliphatic heterocycles. The lowest BCUT2D eigenvalue weighted by molar-refractivity contribution is -0.119. The molecule has 0 aliphatic rings. The van der Waals surface area contributed by atoms with E-state index in [9.17, 15) is 13.2 Å². The average Bonchev–Trinajstić information content (AvgIpc) is 3.36. The van der Waals surface area contributed by atoms with Gasteiger partial charge in [0.05, 0.1) is 24.2 Å². The predicted molar refractivity (Wildman–Crippen MR) is 104 cm³/mol. The van der Waals surface area contributed by atoms with Gasteiger partial charge >= 0.3 is 0 Å². The number of sulfonamides is 1. The molecule has 3 rings (SSSR count). The Morgan fingerprint density at radius 2 is 2.07 bits per heavy atom. The topological polar surface area (TPSA) is 123 Å². The number of carbonyl (C=O) groups is 1. The van der Waals surface area contributed by atoms with Crippen molar-refractivity contribution in [2.45, 2.75) is 45.2 Å². The monoisotopic (exact) mass is 421 g/mol. The van der Waals surface area contributed by atoms with Gasteiger partial charge in [-0.3, -0.25) is 9.48 Å².